The van der Waals surface area contributed by atoms with Gasteiger partial charge in [-0.3, -0.25) is 4.57 Å². The zero-order chi connectivity index (χ0) is 16.5. The molecule has 0 radical (unpaired) electrons. The van der Waals surface area contributed by atoms with Crippen molar-refractivity contribution < 1.29 is 18.0 Å². The van der Waals surface area contributed by atoms with E-state index in [0.29, 0.717) is 17.2 Å². The summed E-state index contributed by atoms with van der Waals surface area (Å²) in [5, 5.41) is 3.63. The predicted octanol–water partition coefficient (Wildman–Crippen LogP) is 3.62. The third kappa shape index (κ3) is 3.22. The van der Waals surface area contributed by atoms with Gasteiger partial charge in [-0.15, -0.1) is 0 Å². The number of hydrogen-bond acceptors (Lipinski definition) is 4. The number of alkyl halides is 3. The first-order chi connectivity index (χ1) is 10.2. The van der Waals surface area contributed by atoms with Gasteiger partial charge in [0.25, 0.3) is 0 Å². The summed E-state index contributed by atoms with van der Waals surface area (Å²) < 4.78 is 39.4. The van der Waals surface area contributed by atoms with Gasteiger partial charge in [0.1, 0.15) is 24.3 Å². The van der Waals surface area contributed by atoms with Crippen molar-refractivity contribution in [3.05, 3.63) is 40.6 Å². The van der Waals surface area contributed by atoms with Gasteiger partial charge in [0.2, 0.25) is 0 Å². The molecular formula is C13H12ClF3N4O. The van der Waals surface area contributed by atoms with E-state index in [1.807, 2.05) is 0 Å². The highest BCUT2D eigenvalue weighted by Gasteiger charge is 2.31. The van der Waals surface area contributed by atoms with E-state index in [1.54, 1.807) is 20.0 Å². The van der Waals surface area contributed by atoms with Gasteiger partial charge < -0.3 is 4.84 Å². The Balaban J connectivity index is 2.47. The van der Waals surface area contributed by atoms with E-state index >= 15 is 0 Å². The Kier molecular flexibility index (Phi) is 4.41. The van der Waals surface area contributed by atoms with Crippen molar-refractivity contribution in [3.8, 4) is 5.82 Å². The molecule has 0 amide bonds. The summed E-state index contributed by atoms with van der Waals surface area (Å²) in [6.45, 7) is 3.37. The molecule has 2 aromatic heterocycles. The van der Waals surface area contributed by atoms with Crippen LogP contribution in [0.1, 0.15) is 24.0 Å². The van der Waals surface area contributed by atoms with Crippen LogP contribution in [-0.4, -0.2) is 27.4 Å². The number of rotatable bonds is 3. The van der Waals surface area contributed by atoms with Crippen molar-refractivity contribution in [1.29, 1.82) is 0 Å². The molecule has 0 bridgehead atoms. The molecule has 0 aromatic carbocycles. The van der Waals surface area contributed by atoms with E-state index in [2.05, 4.69) is 20.0 Å². The molecule has 0 saturated heterocycles. The summed E-state index contributed by atoms with van der Waals surface area (Å²) in [6, 6.07) is 0.832. The molecule has 0 unspecified atom stereocenters. The van der Waals surface area contributed by atoms with Crippen LogP contribution in [0.15, 0.2) is 23.6 Å². The van der Waals surface area contributed by atoms with E-state index < -0.39 is 11.7 Å². The van der Waals surface area contributed by atoms with Crippen LogP contribution < -0.4 is 0 Å². The molecule has 2 aromatic rings. The monoisotopic (exact) mass is 332 g/mol. The lowest BCUT2D eigenvalue weighted by molar-refractivity contribution is -0.137. The SMILES string of the molecule is CO/N=C(/C)c1cn(-c2ncc(C(F)(F)F)cc2Cl)c(C)n1. The molecule has 0 N–H and O–H groups in total. The first kappa shape index (κ1) is 16.3. The maximum Gasteiger partial charge on any atom is 0.417 e. The fourth-order valence-electron chi connectivity index (χ4n) is 1.81. The lowest BCUT2D eigenvalue weighted by atomic mass is 10.2. The predicted molar refractivity (Wildman–Crippen MR) is 75.3 cm³/mol. The molecule has 0 aliphatic rings. The second-order valence-electron chi connectivity index (χ2n) is 4.43. The quantitative estimate of drug-likeness (QED) is 0.637. The Morgan fingerprint density at radius 2 is 2.09 bits per heavy atom. The van der Waals surface area contributed by atoms with Crippen molar-refractivity contribution >= 4 is 17.3 Å². The molecular weight excluding hydrogens is 321 g/mol. The zero-order valence-electron chi connectivity index (χ0n) is 11.9. The lowest BCUT2D eigenvalue weighted by Gasteiger charge is -2.10. The Bertz CT molecular complexity index is 725. The van der Waals surface area contributed by atoms with Crippen molar-refractivity contribution in [3.63, 3.8) is 0 Å². The minimum atomic E-state index is -4.49. The summed E-state index contributed by atoms with van der Waals surface area (Å²) in [6.07, 6.45) is -2.18. The number of aryl methyl sites for hydroxylation is 1. The van der Waals surface area contributed by atoms with E-state index in [4.69, 9.17) is 11.6 Å². The molecule has 9 heteroatoms. The fourth-order valence-corrected chi connectivity index (χ4v) is 2.07. The number of halogens is 4. The summed E-state index contributed by atoms with van der Waals surface area (Å²) in [7, 11) is 1.40. The third-order valence-electron chi connectivity index (χ3n) is 2.86. The number of nitrogens with zero attached hydrogens (tertiary/aromatic N) is 4. The summed E-state index contributed by atoms with van der Waals surface area (Å²) >= 11 is 5.93. The molecule has 2 heterocycles. The Morgan fingerprint density at radius 1 is 1.41 bits per heavy atom. The van der Waals surface area contributed by atoms with Gasteiger partial charge in [-0.1, -0.05) is 16.8 Å². The molecule has 0 saturated carbocycles. The Labute approximate surface area is 129 Å². The van der Waals surface area contributed by atoms with Gasteiger partial charge in [0.15, 0.2) is 5.82 Å². The van der Waals surface area contributed by atoms with Crippen LogP contribution in [0.3, 0.4) is 0 Å². The van der Waals surface area contributed by atoms with Crippen LogP contribution >= 0.6 is 11.6 Å². The summed E-state index contributed by atoms with van der Waals surface area (Å²) in [5.74, 6) is 0.672. The second-order valence-corrected chi connectivity index (χ2v) is 4.84. The molecule has 0 atom stereocenters. The summed E-state index contributed by atoms with van der Waals surface area (Å²) in [5.41, 5.74) is 0.126. The van der Waals surface area contributed by atoms with Gasteiger partial charge in [-0.2, -0.15) is 13.2 Å². The van der Waals surface area contributed by atoms with Crippen LogP contribution in [0.4, 0.5) is 13.2 Å². The molecule has 0 fully saturated rings. The summed E-state index contributed by atoms with van der Waals surface area (Å²) in [4.78, 5) is 12.7. The molecule has 0 aliphatic heterocycles. The standard InChI is InChI=1S/C13H12ClF3N4O/c1-7(20-22-3)11-6-21(8(2)19-11)12-10(14)4-9(5-18-12)13(15,16)17/h4-6H,1-3H3/b20-7-. The minimum Gasteiger partial charge on any atom is -0.399 e. The maximum atomic E-state index is 12.6. The highest BCUT2D eigenvalue weighted by molar-refractivity contribution is 6.32. The van der Waals surface area contributed by atoms with Crippen molar-refractivity contribution in [2.75, 3.05) is 7.11 Å². The first-order valence-electron chi connectivity index (χ1n) is 6.11. The van der Waals surface area contributed by atoms with E-state index in [9.17, 15) is 13.2 Å². The van der Waals surface area contributed by atoms with Crippen LogP contribution in [0.5, 0.6) is 0 Å². The van der Waals surface area contributed by atoms with Gasteiger partial charge in [0, 0.05) is 12.4 Å². The van der Waals surface area contributed by atoms with Crippen LogP contribution in [0.2, 0.25) is 5.02 Å². The van der Waals surface area contributed by atoms with Gasteiger partial charge >= 0.3 is 6.18 Å². The Hall–Kier alpha value is -2.09. The van der Waals surface area contributed by atoms with Gasteiger partial charge in [-0.05, 0) is 19.9 Å². The van der Waals surface area contributed by atoms with E-state index in [-0.39, 0.29) is 10.8 Å². The average Bonchev–Trinajstić information content (AvgIpc) is 2.80. The average molecular weight is 333 g/mol. The molecule has 118 valence electrons. The van der Waals surface area contributed by atoms with E-state index in [0.717, 1.165) is 12.3 Å². The minimum absolute atomic E-state index is 0.122. The lowest BCUT2D eigenvalue weighted by Crippen LogP contribution is -2.08. The molecule has 2 rings (SSSR count). The van der Waals surface area contributed by atoms with Gasteiger partial charge in [-0.25, -0.2) is 9.97 Å². The molecule has 0 aliphatic carbocycles. The third-order valence-corrected chi connectivity index (χ3v) is 3.14. The largest absolute Gasteiger partial charge is 0.417 e. The number of aromatic nitrogens is 3. The zero-order valence-corrected chi connectivity index (χ0v) is 12.7. The molecule has 22 heavy (non-hydrogen) atoms. The maximum absolute atomic E-state index is 12.6. The highest BCUT2D eigenvalue weighted by atomic mass is 35.5. The second kappa shape index (κ2) is 5.96. The number of hydrogen-bond donors (Lipinski definition) is 0. The van der Waals surface area contributed by atoms with Crippen molar-refractivity contribution in [2.45, 2.75) is 20.0 Å². The number of imidazole rings is 1. The smallest absolute Gasteiger partial charge is 0.399 e. The topological polar surface area (TPSA) is 52.3 Å². The number of pyridine rings is 1. The molecule has 0 spiro atoms. The van der Waals surface area contributed by atoms with Gasteiger partial charge in [0.05, 0.1) is 10.6 Å². The highest BCUT2D eigenvalue weighted by Crippen LogP contribution is 2.32. The van der Waals surface area contributed by atoms with Crippen molar-refractivity contribution in [1.82, 2.24) is 14.5 Å². The van der Waals surface area contributed by atoms with Crippen LogP contribution in [0.25, 0.3) is 5.82 Å². The van der Waals surface area contributed by atoms with E-state index in [1.165, 1.54) is 11.7 Å². The Morgan fingerprint density at radius 3 is 2.64 bits per heavy atom. The van der Waals surface area contributed by atoms with Crippen molar-refractivity contribution in [2.24, 2.45) is 5.16 Å². The van der Waals surface area contributed by atoms with Crippen LogP contribution in [0, 0.1) is 6.92 Å². The normalized spacial score (nSPS) is 12.6. The molecule has 5 nitrogen and oxygen atoms in total. The number of oxime groups is 1. The fraction of sp³-hybridized carbons (Fsp3) is 0.308. The van der Waals surface area contributed by atoms with Crippen LogP contribution in [-0.2, 0) is 11.0 Å². The first-order valence-corrected chi connectivity index (χ1v) is 6.49.